The van der Waals surface area contributed by atoms with Crippen molar-refractivity contribution in [1.82, 2.24) is 0 Å². The third-order valence-corrected chi connectivity index (χ3v) is 6.51. The van der Waals surface area contributed by atoms with E-state index in [2.05, 4.69) is 6.92 Å². The third-order valence-electron chi connectivity index (χ3n) is 6.51. The zero-order chi connectivity index (χ0) is 25.6. The van der Waals surface area contributed by atoms with Gasteiger partial charge in [0.2, 0.25) is 0 Å². The molecule has 0 radical (unpaired) electrons. The fourth-order valence-electron chi connectivity index (χ4n) is 4.43. The zero-order valence-corrected chi connectivity index (χ0v) is 23.6. The van der Waals surface area contributed by atoms with Gasteiger partial charge in [0.05, 0.1) is 0 Å². The Kier molecular flexibility index (Phi) is 42.0. The molecule has 0 aromatic carbocycles. The standard InChI is InChI=1S/C28H58O.K.H3O4P.H/c1-2-3-4-5-6-7-8-9-10-11-12-13-14-15-16-17-18-19-20-21-22-23-24-25-26-27-28-29;;1-5(2,3)4;/h29H,2-28H2,1H3;;(H3,1,2,3,4);. The fraction of sp³-hybridized carbons (Fsp3) is 1.00. The molecule has 0 fully saturated rings. The quantitative estimate of drug-likeness (QED) is 0.0493. The van der Waals surface area contributed by atoms with Crippen molar-refractivity contribution < 1.29 is 24.4 Å². The van der Waals surface area contributed by atoms with Crippen molar-refractivity contribution in [3.05, 3.63) is 0 Å². The summed E-state index contributed by atoms with van der Waals surface area (Å²) in [5.74, 6) is 0. The normalized spacial score (nSPS) is 11.1. The van der Waals surface area contributed by atoms with E-state index in [1.165, 1.54) is 161 Å². The Morgan fingerprint density at radius 1 is 0.400 bits per heavy atom. The monoisotopic (exact) mass is 548 g/mol. The first-order valence-corrected chi connectivity index (χ1v) is 16.4. The van der Waals surface area contributed by atoms with Gasteiger partial charge in [0, 0.05) is 6.61 Å². The maximum absolute atomic E-state index is 8.88. The minimum atomic E-state index is -4.64. The molecule has 0 heterocycles. The van der Waals surface area contributed by atoms with Crippen molar-refractivity contribution in [3.63, 3.8) is 0 Å². The van der Waals surface area contributed by atoms with Crippen LogP contribution in [0.1, 0.15) is 174 Å². The number of phosphoric acid groups is 1. The topological polar surface area (TPSA) is 98.0 Å². The molecule has 4 N–H and O–H groups in total. The molecule has 5 nitrogen and oxygen atoms in total. The predicted octanol–water partition coefficient (Wildman–Crippen LogP) is 8.56. The van der Waals surface area contributed by atoms with Crippen LogP contribution in [-0.2, 0) is 4.57 Å². The van der Waals surface area contributed by atoms with Crippen molar-refractivity contribution in [2.24, 2.45) is 0 Å². The summed E-state index contributed by atoms with van der Waals surface area (Å²) in [6.07, 6.45) is 37.1. The van der Waals surface area contributed by atoms with E-state index < -0.39 is 7.82 Å². The molecule has 0 aromatic rings. The Bertz CT molecular complexity index is 373. The summed E-state index contributed by atoms with van der Waals surface area (Å²) in [7, 11) is -4.64. The summed E-state index contributed by atoms with van der Waals surface area (Å²) in [4.78, 5) is 21.6. The summed E-state index contributed by atoms with van der Waals surface area (Å²) in [6.45, 7) is 2.67. The number of hydrogen-bond donors (Lipinski definition) is 4. The van der Waals surface area contributed by atoms with E-state index in [-0.39, 0.29) is 51.4 Å². The van der Waals surface area contributed by atoms with Crippen LogP contribution >= 0.6 is 7.82 Å². The molecule has 0 bridgehead atoms. The SMILES string of the molecule is CCCCCCCCCCCCCCCCCCCCCCCCCCCCO.O=P(O)(O)O.[KH]. The number of aliphatic hydroxyl groups excluding tert-OH is 1. The summed E-state index contributed by atoms with van der Waals surface area (Å²) in [6, 6.07) is 0. The molecule has 0 spiro atoms. The number of rotatable bonds is 26. The first kappa shape index (κ1) is 41.2. The Morgan fingerprint density at radius 2 is 0.543 bits per heavy atom. The number of unbranched alkanes of at least 4 members (excludes halogenated alkanes) is 25. The van der Waals surface area contributed by atoms with Gasteiger partial charge in [0.15, 0.2) is 0 Å². The van der Waals surface area contributed by atoms with Crippen LogP contribution in [0, 0.1) is 0 Å². The van der Waals surface area contributed by atoms with Crippen LogP contribution in [-0.4, -0.2) is 77.8 Å². The van der Waals surface area contributed by atoms with Crippen LogP contribution in [0.4, 0.5) is 0 Å². The molecular formula is C28H62KO5P. The van der Waals surface area contributed by atoms with Crippen molar-refractivity contribution in [2.75, 3.05) is 6.61 Å². The van der Waals surface area contributed by atoms with Crippen molar-refractivity contribution in [1.29, 1.82) is 0 Å². The van der Waals surface area contributed by atoms with Crippen LogP contribution in [0.2, 0.25) is 0 Å². The molecule has 0 unspecified atom stereocenters. The second kappa shape index (κ2) is 35.7. The first-order valence-electron chi connectivity index (χ1n) is 14.8. The van der Waals surface area contributed by atoms with Gasteiger partial charge in [-0.25, -0.2) is 4.57 Å². The van der Waals surface area contributed by atoms with Gasteiger partial charge in [0.25, 0.3) is 0 Å². The van der Waals surface area contributed by atoms with Crippen LogP contribution in [0.3, 0.4) is 0 Å². The number of hydrogen-bond acceptors (Lipinski definition) is 2. The minimum absolute atomic E-state index is 0. The van der Waals surface area contributed by atoms with E-state index >= 15 is 0 Å². The van der Waals surface area contributed by atoms with E-state index in [9.17, 15) is 0 Å². The molecule has 0 aromatic heterocycles. The van der Waals surface area contributed by atoms with Crippen LogP contribution in [0.5, 0.6) is 0 Å². The van der Waals surface area contributed by atoms with Crippen molar-refractivity contribution >= 4 is 59.2 Å². The average molecular weight is 549 g/mol. The van der Waals surface area contributed by atoms with Gasteiger partial charge >= 0.3 is 59.2 Å². The van der Waals surface area contributed by atoms with E-state index in [1.807, 2.05) is 0 Å². The summed E-state index contributed by atoms with van der Waals surface area (Å²) in [5.41, 5.74) is 0. The van der Waals surface area contributed by atoms with Crippen molar-refractivity contribution in [3.8, 4) is 0 Å². The molecule has 0 aliphatic carbocycles. The van der Waals surface area contributed by atoms with Gasteiger partial charge in [0.1, 0.15) is 0 Å². The van der Waals surface area contributed by atoms with E-state index in [0.29, 0.717) is 6.61 Å². The van der Waals surface area contributed by atoms with Crippen LogP contribution in [0.15, 0.2) is 0 Å². The molecule has 210 valence electrons. The molecule has 0 rings (SSSR count). The zero-order valence-electron chi connectivity index (χ0n) is 22.7. The Hall–Kier alpha value is 1.71. The summed E-state index contributed by atoms with van der Waals surface area (Å²) < 4.78 is 8.88. The molecule has 0 saturated carbocycles. The third kappa shape index (κ3) is 52.8. The molecule has 0 aliphatic heterocycles. The van der Waals surface area contributed by atoms with Crippen LogP contribution in [0.25, 0.3) is 0 Å². The van der Waals surface area contributed by atoms with Gasteiger partial charge in [-0.15, -0.1) is 0 Å². The second-order valence-electron chi connectivity index (χ2n) is 10.1. The first-order chi connectivity index (χ1) is 16.4. The summed E-state index contributed by atoms with van der Waals surface area (Å²) >= 11 is 0. The second-order valence-corrected chi connectivity index (χ2v) is 11.1. The van der Waals surface area contributed by atoms with Gasteiger partial charge in [-0.1, -0.05) is 167 Å². The molecule has 0 saturated heterocycles. The Labute approximate surface area is 261 Å². The number of aliphatic hydroxyl groups is 1. The van der Waals surface area contributed by atoms with E-state index in [1.54, 1.807) is 0 Å². The molecule has 35 heavy (non-hydrogen) atoms. The van der Waals surface area contributed by atoms with Gasteiger partial charge < -0.3 is 19.8 Å². The fourth-order valence-corrected chi connectivity index (χ4v) is 4.43. The van der Waals surface area contributed by atoms with E-state index in [0.717, 1.165) is 6.42 Å². The van der Waals surface area contributed by atoms with Crippen LogP contribution < -0.4 is 0 Å². The molecule has 0 aliphatic rings. The molecule has 0 atom stereocenters. The van der Waals surface area contributed by atoms with Gasteiger partial charge in [-0.2, -0.15) is 0 Å². The molecule has 0 amide bonds. The van der Waals surface area contributed by atoms with Gasteiger partial charge in [-0.05, 0) is 6.42 Å². The molecular weight excluding hydrogens is 486 g/mol. The Balaban J connectivity index is -0.00000154. The Morgan fingerprint density at radius 3 is 0.686 bits per heavy atom. The summed E-state index contributed by atoms with van der Waals surface area (Å²) in [5, 5.41) is 8.75. The van der Waals surface area contributed by atoms with E-state index in [4.69, 9.17) is 24.4 Å². The van der Waals surface area contributed by atoms with Crippen molar-refractivity contribution in [2.45, 2.75) is 174 Å². The maximum atomic E-state index is 8.88. The van der Waals surface area contributed by atoms with Gasteiger partial charge in [-0.3, -0.25) is 0 Å². The average Bonchev–Trinajstić information content (AvgIpc) is 2.78. The molecule has 7 heteroatoms. The predicted molar refractivity (Wildman–Crippen MR) is 154 cm³/mol.